The van der Waals surface area contributed by atoms with Gasteiger partial charge in [-0.05, 0) is 48.4 Å². The standard InChI is InChI=1S/C13H14N2O/c16-12-3-4-13-9(1-2-10(13)6-12)5-11-7-14-8-15-11/h3-4,6-9,16H,1-2,5H2,(H,14,15). The van der Waals surface area contributed by atoms with Gasteiger partial charge in [-0.25, -0.2) is 4.98 Å². The summed E-state index contributed by atoms with van der Waals surface area (Å²) in [6, 6.07) is 5.72. The van der Waals surface area contributed by atoms with Gasteiger partial charge in [0.25, 0.3) is 0 Å². The first-order valence-electron chi connectivity index (χ1n) is 5.62. The summed E-state index contributed by atoms with van der Waals surface area (Å²) in [5, 5.41) is 9.42. The monoisotopic (exact) mass is 214 g/mol. The summed E-state index contributed by atoms with van der Waals surface area (Å²) in [6.07, 6.45) is 6.90. The molecule has 0 saturated heterocycles. The molecule has 1 heterocycles. The molecule has 1 aliphatic rings. The third kappa shape index (κ3) is 1.58. The van der Waals surface area contributed by atoms with Gasteiger partial charge >= 0.3 is 0 Å². The first-order chi connectivity index (χ1) is 7.83. The fourth-order valence-corrected chi connectivity index (χ4v) is 2.56. The first kappa shape index (κ1) is 9.46. The minimum atomic E-state index is 0.374. The molecule has 1 aromatic heterocycles. The van der Waals surface area contributed by atoms with Crippen molar-refractivity contribution in [2.24, 2.45) is 0 Å². The Labute approximate surface area is 94.2 Å². The Kier molecular flexibility index (Phi) is 2.17. The molecule has 16 heavy (non-hydrogen) atoms. The van der Waals surface area contributed by atoms with Crippen molar-refractivity contribution in [3.63, 3.8) is 0 Å². The zero-order valence-electron chi connectivity index (χ0n) is 8.98. The molecule has 2 aromatic rings. The second-order valence-electron chi connectivity index (χ2n) is 4.38. The summed E-state index contributed by atoms with van der Waals surface area (Å²) in [6.45, 7) is 0. The maximum Gasteiger partial charge on any atom is 0.115 e. The number of aromatic hydroxyl groups is 1. The lowest BCUT2D eigenvalue weighted by Gasteiger charge is -2.09. The summed E-state index contributed by atoms with van der Waals surface area (Å²) in [4.78, 5) is 7.25. The highest BCUT2D eigenvalue weighted by Crippen LogP contribution is 2.36. The van der Waals surface area contributed by atoms with E-state index in [0.717, 1.165) is 25.0 Å². The van der Waals surface area contributed by atoms with Crippen LogP contribution in [0.5, 0.6) is 5.75 Å². The van der Waals surface area contributed by atoms with Crippen molar-refractivity contribution in [1.29, 1.82) is 0 Å². The number of imidazole rings is 1. The van der Waals surface area contributed by atoms with E-state index in [1.54, 1.807) is 12.4 Å². The summed E-state index contributed by atoms with van der Waals surface area (Å²) >= 11 is 0. The molecule has 1 atom stereocenters. The molecular formula is C13H14N2O. The van der Waals surface area contributed by atoms with Gasteiger partial charge in [0, 0.05) is 6.20 Å². The zero-order chi connectivity index (χ0) is 11.0. The van der Waals surface area contributed by atoms with Crippen LogP contribution in [0.15, 0.2) is 30.7 Å². The molecule has 0 bridgehead atoms. The molecular weight excluding hydrogens is 200 g/mol. The van der Waals surface area contributed by atoms with E-state index in [1.165, 1.54) is 11.1 Å². The fraction of sp³-hybridized carbons (Fsp3) is 0.308. The first-order valence-corrected chi connectivity index (χ1v) is 5.62. The van der Waals surface area contributed by atoms with Gasteiger partial charge < -0.3 is 10.1 Å². The lowest BCUT2D eigenvalue weighted by atomic mass is 9.96. The number of hydrogen-bond acceptors (Lipinski definition) is 2. The molecule has 1 aliphatic carbocycles. The van der Waals surface area contributed by atoms with Crippen LogP contribution in [0.2, 0.25) is 0 Å². The van der Waals surface area contributed by atoms with E-state index in [-0.39, 0.29) is 0 Å². The van der Waals surface area contributed by atoms with Gasteiger partial charge in [-0.1, -0.05) is 6.07 Å². The average Bonchev–Trinajstić information content (AvgIpc) is 2.89. The molecule has 1 unspecified atom stereocenters. The van der Waals surface area contributed by atoms with Crippen molar-refractivity contribution < 1.29 is 5.11 Å². The Hall–Kier alpha value is -1.77. The highest BCUT2D eigenvalue weighted by Gasteiger charge is 2.23. The highest BCUT2D eigenvalue weighted by molar-refractivity contribution is 5.40. The molecule has 82 valence electrons. The summed E-state index contributed by atoms with van der Waals surface area (Å²) < 4.78 is 0. The highest BCUT2D eigenvalue weighted by atomic mass is 16.3. The van der Waals surface area contributed by atoms with Gasteiger partial charge in [-0.3, -0.25) is 0 Å². The molecule has 3 rings (SSSR count). The molecule has 3 heteroatoms. The molecule has 0 fully saturated rings. The van der Waals surface area contributed by atoms with E-state index in [2.05, 4.69) is 16.0 Å². The topological polar surface area (TPSA) is 48.9 Å². The van der Waals surface area contributed by atoms with Crippen molar-refractivity contribution in [1.82, 2.24) is 9.97 Å². The van der Waals surface area contributed by atoms with Crippen molar-refractivity contribution in [3.8, 4) is 5.75 Å². The van der Waals surface area contributed by atoms with E-state index in [9.17, 15) is 5.11 Å². The summed E-state index contributed by atoms with van der Waals surface area (Å²) in [5.74, 6) is 0.929. The molecule has 1 aromatic carbocycles. The van der Waals surface area contributed by atoms with Gasteiger partial charge in [0.1, 0.15) is 5.75 Å². The van der Waals surface area contributed by atoms with Gasteiger partial charge in [-0.15, -0.1) is 0 Å². The number of rotatable bonds is 2. The summed E-state index contributed by atoms with van der Waals surface area (Å²) in [5.41, 5.74) is 3.78. The number of hydrogen-bond donors (Lipinski definition) is 2. The van der Waals surface area contributed by atoms with Gasteiger partial charge in [0.05, 0.1) is 12.0 Å². The number of fused-ring (bicyclic) bond motifs is 1. The second-order valence-corrected chi connectivity index (χ2v) is 4.38. The number of phenolic OH excluding ortho intramolecular Hbond substituents is 1. The Morgan fingerprint density at radius 3 is 3.19 bits per heavy atom. The summed E-state index contributed by atoms with van der Waals surface area (Å²) in [7, 11) is 0. The number of benzene rings is 1. The number of aryl methyl sites for hydroxylation is 1. The lowest BCUT2D eigenvalue weighted by Crippen LogP contribution is -1.98. The van der Waals surface area contributed by atoms with Crippen molar-refractivity contribution in [2.75, 3.05) is 0 Å². The predicted molar refractivity (Wildman–Crippen MR) is 61.5 cm³/mol. The van der Waals surface area contributed by atoms with Crippen LogP contribution in [0.3, 0.4) is 0 Å². The van der Waals surface area contributed by atoms with Crippen LogP contribution >= 0.6 is 0 Å². The van der Waals surface area contributed by atoms with Crippen molar-refractivity contribution >= 4 is 0 Å². The van der Waals surface area contributed by atoms with Crippen LogP contribution in [-0.2, 0) is 12.8 Å². The normalized spacial score (nSPS) is 18.6. The number of nitrogens with one attached hydrogen (secondary N) is 1. The third-order valence-electron chi connectivity index (χ3n) is 3.34. The van der Waals surface area contributed by atoms with Crippen LogP contribution in [0, 0.1) is 0 Å². The Bertz CT molecular complexity index is 491. The van der Waals surface area contributed by atoms with E-state index < -0.39 is 0 Å². The van der Waals surface area contributed by atoms with E-state index in [0.29, 0.717) is 11.7 Å². The minimum absolute atomic E-state index is 0.374. The third-order valence-corrected chi connectivity index (χ3v) is 3.34. The van der Waals surface area contributed by atoms with Gasteiger partial charge in [-0.2, -0.15) is 0 Å². The minimum Gasteiger partial charge on any atom is -0.508 e. The van der Waals surface area contributed by atoms with Crippen LogP contribution in [0.1, 0.15) is 29.2 Å². The molecule has 0 radical (unpaired) electrons. The molecule has 0 saturated carbocycles. The van der Waals surface area contributed by atoms with Gasteiger partial charge in [0.2, 0.25) is 0 Å². The Morgan fingerprint density at radius 2 is 2.38 bits per heavy atom. The number of aromatic nitrogens is 2. The number of aromatic amines is 1. The fourth-order valence-electron chi connectivity index (χ4n) is 2.56. The Morgan fingerprint density at radius 1 is 1.44 bits per heavy atom. The van der Waals surface area contributed by atoms with Crippen LogP contribution in [0.4, 0.5) is 0 Å². The van der Waals surface area contributed by atoms with Gasteiger partial charge in [0.15, 0.2) is 0 Å². The van der Waals surface area contributed by atoms with E-state index in [1.807, 2.05) is 12.3 Å². The lowest BCUT2D eigenvalue weighted by molar-refractivity contribution is 0.474. The zero-order valence-corrected chi connectivity index (χ0v) is 8.98. The van der Waals surface area contributed by atoms with Crippen LogP contribution < -0.4 is 0 Å². The molecule has 2 N–H and O–H groups in total. The largest absolute Gasteiger partial charge is 0.508 e. The molecule has 3 nitrogen and oxygen atoms in total. The number of H-pyrrole nitrogens is 1. The number of phenols is 1. The van der Waals surface area contributed by atoms with E-state index >= 15 is 0 Å². The van der Waals surface area contributed by atoms with Crippen molar-refractivity contribution in [3.05, 3.63) is 47.5 Å². The predicted octanol–water partition coefficient (Wildman–Crippen LogP) is 2.39. The maximum absolute atomic E-state index is 9.42. The maximum atomic E-state index is 9.42. The quantitative estimate of drug-likeness (QED) is 0.806. The number of nitrogens with zero attached hydrogens (tertiary/aromatic N) is 1. The van der Waals surface area contributed by atoms with Crippen molar-refractivity contribution in [2.45, 2.75) is 25.2 Å². The molecule has 0 amide bonds. The van der Waals surface area contributed by atoms with Crippen LogP contribution in [-0.4, -0.2) is 15.1 Å². The second kappa shape index (κ2) is 3.67. The SMILES string of the molecule is Oc1ccc2c(c1)CCC2Cc1c[nH]cn1. The molecule has 0 spiro atoms. The smallest absolute Gasteiger partial charge is 0.115 e. The Balaban J connectivity index is 1.86. The molecule has 0 aliphatic heterocycles. The van der Waals surface area contributed by atoms with Crippen LogP contribution in [0.25, 0.3) is 0 Å². The van der Waals surface area contributed by atoms with E-state index in [4.69, 9.17) is 0 Å². The average molecular weight is 214 g/mol.